The summed E-state index contributed by atoms with van der Waals surface area (Å²) in [7, 11) is 0. The molecular weight excluding hydrogens is 230 g/mol. The van der Waals surface area contributed by atoms with Crippen molar-refractivity contribution in [3.8, 4) is 0 Å². The van der Waals surface area contributed by atoms with E-state index in [1.807, 2.05) is 0 Å². The summed E-state index contributed by atoms with van der Waals surface area (Å²) in [6.07, 6.45) is -0.453. The van der Waals surface area contributed by atoms with Gasteiger partial charge in [0.25, 0.3) is 0 Å². The second kappa shape index (κ2) is 8.29. The molecule has 1 amide bonds. The van der Waals surface area contributed by atoms with Crippen molar-refractivity contribution in [3.05, 3.63) is 0 Å². The zero-order valence-electron chi connectivity index (χ0n) is 10.3. The fourth-order valence-electron chi connectivity index (χ4n) is 0.822. The third kappa shape index (κ3) is 16.8. The Kier molecular flexibility index (Phi) is 8.54. The number of carboxylic acid groups (broad SMARTS) is 1. The highest BCUT2D eigenvalue weighted by molar-refractivity contribution is 5.71. The lowest BCUT2D eigenvalue weighted by atomic mass is 10.2. The van der Waals surface area contributed by atoms with Crippen molar-refractivity contribution in [2.45, 2.75) is 45.8 Å². The second-order valence-electron chi connectivity index (χ2n) is 4.23. The first-order valence-corrected chi connectivity index (χ1v) is 4.83. The molecule has 2 N–H and O–H groups in total. The predicted octanol–water partition coefficient (Wildman–Crippen LogP) is 0.791. The summed E-state index contributed by atoms with van der Waals surface area (Å²) >= 11 is 0. The molecule has 0 unspecified atom stereocenters. The minimum atomic E-state index is -0.950. The van der Waals surface area contributed by atoms with Crippen molar-refractivity contribution in [2.24, 2.45) is 0 Å². The molecule has 0 saturated carbocycles. The fourth-order valence-corrected chi connectivity index (χ4v) is 0.822. The van der Waals surface area contributed by atoms with Gasteiger partial charge in [0.15, 0.2) is 0 Å². The van der Waals surface area contributed by atoms with Crippen LogP contribution in [0.3, 0.4) is 0 Å². The van der Waals surface area contributed by atoms with E-state index in [1.54, 1.807) is 27.7 Å². The fraction of sp³-hybridized carbons (Fsp3) is 0.700. The van der Waals surface area contributed by atoms with Crippen LogP contribution >= 0.6 is 0 Å². The van der Waals surface area contributed by atoms with Crippen LogP contribution in [0.25, 0.3) is 0 Å². The Morgan fingerprint density at radius 2 is 1.76 bits per heavy atom. The van der Waals surface area contributed by atoms with Crippen molar-refractivity contribution in [1.29, 1.82) is 0 Å². The van der Waals surface area contributed by atoms with Gasteiger partial charge in [0, 0.05) is 6.04 Å². The maximum Gasteiger partial charge on any atom is 0.407 e. The Morgan fingerprint density at radius 3 is 2.06 bits per heavy atom. The normalized spacial score (nSPS) is 11.3. The monoisotopic (exact) mass is 247 g/mol. The molecule has 0 rings (SSSR count). The zero-order valence-corrected chi connectivity index (χ0v) is 10.3. The van der Waals surface area contributed by atoms with Gasteiger partial charge >= 0.3 is 18.2 Å². The number of carbonyl (C=O) groups excluding carboxylic acids is 3. The number of ether oxygens (including phenoxy) is 1. The lowest BCUT2D eigenvalue weighted by Crippen LogP contribution is -2.38. The Balaban J connectivity index is 0. The van der Waals surface area contributed by atoms with Crippen LogP contribution in [0.4, 0.5) is 4.79 Å². The van der Waals surface area contributed by atoms with Gasteiger partial charge in [0.1, 0.15) is 5.60 Å². The van der Waals surface area contributed by atoms with E-state index < -0.39 is 23.7 Å². The van der Waals surface area contributed by atoms with Gasteiger partial charge in [-0.25, -0.2) is 4.79 Å². The summed E-state index contributed by atoms with van der Waals surface area (Å²) in [5.74, 6) is -0.950. The van der Waals surface area contributed by atoms with E-state index in [1.165, 1.54) is 0 Å². The number of hydrogen-bond acceptors (Lipinski definition) is 5. The summed E-state index contributed by atoms with van der Waals surface area (Å²) in [5.41, 5.74) is -0.562. The number of nitrogens with one attached hydrogen (secondary N) is 1. The van der Waals surface area contributed by atoms with Crippen molar-refractivity contribution >= 4 is 18.2 Å². The molecule has 0 aliphatic rings. The molecule has 98 valence electrons. The minimum Gasteiger partial charge on any atom is -0.481 e. The molecular formula is C10H17NO6. The summed E-state index contributed by atoms with van der Waals surface area (Å²) in [6, 6.07) is -0.428. The van der Waals surface area contributed by atoms with Crippen LogP contribution < -0.4 is 5.32 Å². The topological polar surface area (TPSA) is 110 Å². The molecule has 0 aromatic carbocycles. The molecule has 0 radical (unpaired) electrons. The first-order chi connectivity index (χ1) is 7.62. The molecule has 7 heteroatoms. The molecule has 0 spiro atoms. The Morgan fingerprint density at radius 1 is 1.35 bits per heavy atom. The maximum atomic E-state index is 11.1. The first kappa shape index (κ1) is 17.5. The smallest absolute Gasteiger partial charge is 0.407 e. The van der Waals surface area contributed by atoms with Crippen LogP contribution in [0.1, 0.15) is 34.1 Å². The van der Waals surface area contributed by atoms with Gasteiger partial charge in [-0.2, -0.15) is 9.59 Å². The lowest BCUT2D eigenvalue weighted by molar-refractivity contribution is -0.191. The number of rotatable bonds is 3. The van der Waals surface area contributed by atoms with Crippen LogP contribution in [-0.4, -0.2) is 35.0 Å². The number of hydrogen-bond donors (Lipinski definition) is 2. The largest absolute Gasteiger partial charge is 0.481 e. The number of carboxylic acids is 1. The third-order valence-electron chi connectivity index (χ3n) is 1.24. The molecule has 1 atom stereocenters. The number of aliphatic carboxylic acids is 1. The van der Waals surface area contributed by atoms with Gasteiger partial charge in [0.2, 0.25) is 0 Å². The molecule has 0 aromatic heterocycles. The standard InChI is InChI=1S/C9H17NO4.CO2/c1-6(5-7(11)12)10-8(13)14-9(2,3)4;2-1-3/h6H,5H2,1-4H3,(H,10,13)(H,11,12);/t6-;/m1./s1. The van der Waals surface area contributed by atoms with Gasteiger partial charge in [0.05, 0.1) is 6.42 Å². The average Bonchev–Trinajstić information content (AvgIpc) is 1.97. The van der Waals surface area contributed by atoms with Gasteiger partial charge in [-0.3, -0.25) is 4.79 Å². The summed E-state index contributed by atoms with van der Waals surface area (Å²) in [6.45, 7) is 6.84. The minimum absolute atomic E-state index is 0.112. The molecule has 0 heterocycles. The summed E-state index contributed by atoms with van der Waals surface area (Å²) in [4.78, 5) is 37.7. The van der Waals surface area contributed by atoms with Gasteiger partial charge < -0.3 is 15.2 Å². The van der Waals surface area contributed by atoms with Crippen LogP contribution in [0.2, 0.25) is 0 Å². The van der Waals surface area contributed by atoms with Crippen LogP contribution in [0.5, 0.6) is 0 Å². The highest BCUT2D eigenvalue weighted by Gasteiger charge is 2.18. The molecule has 0 saturated heterocycles. The predicted molar refractivity (Wildman–Crippen MR) is 56.1 cm³/mol. The van der Waals surface area contributed by atoms with E-state index >= 15 is 0 Å². The van der Waals surface area contributed by atoms with E-state index in [2.05, 4.69) is 5.32 Å². The zero-order chi connectivity index (χ0) is 14.1. The van der Waals surface area contributed by atoms with Crippen molar-refractivity contribution < 1.29 is 29.0 Å². The quantitative estimate of drug-likeness (QED) is 0.762. The van der Waals surface area contributed by atoms with Crippen LogP contribution in [0.15, 0.2) is 0 Å². The Hall–Kier alpha value is -1.88. The Bertz CT molecular complexity index is 288. The molecule has 0 bridgehead atoms. The number of carbonyl (C=O) groups is 2. The molecule has 7 nitrogen and oxygen atoms in total. The summed E-state index contributed by atoms with van der Waals surface area (Å²) < 4.78 is 4.95. The van der Waals surface area contributed by atoms with E-state index in [9.17, 15) is 9.59 Å². The van der Waals surface area contributed by atoms with E-state index in [0.29, 0.717) is 0 Å². The van der Waals surface area contributed by atoms with E-state index in [4.69, 9.17) is 19.4 Å². The molecule has 0 fully saturated rings. The number of alkyl carbamates (subject to hydrolysis) is 1. The van der Waals surface area contributed by atoms with E-state index in [0.717, 1.165) is 0 Å². The van der Waals surface area contributed by atoms with Crippen LogP contribution in [0, 0.1) is 0 Å². The molecule has 17 heavy (non-hydrogen) atoms. The molecule has 0 aromatic rings. The Labute approximate surface area is 99.1 Å². The van der Waals surface area contributed by atoms with Gasteiger partial charge in [-0.05, 0) is 27.7 Å². The van der Waals surface area contributed by atoms with Gasteiger partial charge in [-0.15, -0.1) is 0 Å². The average molecular weight is 247 g/mol. The first-order valence-electron chi connectivity index (χ1n) is 4.83. The van der Waals surface area contributed by atoms with Crippen LogP contribution in [-0.2, 0) is 19.1 Å². The molecule has 0 aliphatic carbocycles. The highest BCUT2D eigenvalue weighted by Crippen LogP contribution is 2.06. The maximum absolute atomic E-state index is 11.1. The van der Waals surface area contributed by atoms with Gasteiger partial charge in [-0.1, -0.05) is 0 Å². The van der Waals surface area contributed by atoms with E-state index in [-0.39, 0.29) is 12.6 Å². The number of amides is 1. The molecule has 0 aliphatic heterocycles. The highest BCUT2D eigenvalue weighted by atomic mass is 16.6. The lowest BCUT2D eigenvalue weighted by Gasteiger charge is -2.21. The van der Waals surface area contributed by atoms with Crippen molar-refractivity contribution in [1.82, 2.24) is 5.32 Å². The third-order valence-corrected chi connectivity index (χ3v) is 1.24. The van der Waals surface area contributed by atoms with Crippen molar-refractivity contribution in [2.75, 3.05) is 0 Å². The second-order valence-corrected chi connectivity index (χ2v) is 4.23. The SMILES string of the molecule is C[C@H](CC(=O)O)NC(=O)OC(C)(C)C.O=C=O. The summed E-state index contributed by atoms with van der Waals surface area (Å²) in [5, 5.41) is 10.9. The van der Waals surface area contributed by atoms with Crippen molar-refractivity contribution in [3.63, 3.8) is 0 Å².